The number of hydrogen-bond donors (Lipinski definition) is 2. The summed E-state index contributed by atoms with van der Waals surface area (Å²) in [5, 5.41) is 9.54. The molecule has 2 unspecified atom stereocenters. The van der Waals surface area contributed by atoms with Crippen LogP contribution in [-0.4, -0.2) is 66.3 Å². The lowest BCUT2D eigenvalue weighted by Gasteiger charge is -2.42. The normalized spacial score (nSPS) is 31.4. The van der Waals surface area contributed by atoms with Crippen molar-refractivity contribution in [1.82, 2.24) is 9.80 Å². The molecule has 1 heterocycles. The molecule has 17 heavy (non-hydrogen) atoms. The number of aliphatic hydroxyl groups is 1. The van der Waals surface area contributed by atoms with Crippen molar-refractivity contribution in [3.8, 4) is 0 Å². The molecule has 4 heteroatoms. The molecule has 1 saturated carbocycles. The van der Waals surface area contributed by atoms with E-state index in [-0.39, 0.29) is 12.1 Å². The molecule has 1 aliphatic carbocycles. The Balaban J connectivity index is 1.90. The largest absolute Gasteiger partial charge is 0.394 e. The predicted octanol–water partition coefficient (Wildman–Crippen LogP) is 0.112. The van der Waals surface area contributed by atoms with E-state index in [9.17, 15) is 5.11 Å². The molecular weight excluding hydrogens is 214 g/mol. The topological polar surface area (TPSA) is 52.7 Å². The lowest BCUT2D eigenvalue weighted by molar-refractivity contribution is 0.0553. The van der Waals surface area contributed by atoms with Gasteiger partial charge >= 0.3 is 0 Å². The molecule has 1 saturated heterocycles. The van der Waals surface area contributed by atoms with E-state index in [1.54, 1.807) is 0 Å². The fourth-order valence-corrected chi connectivity index (χ4v) is 2.98. The first-order chi connectivity index (χ1) is 8.09. The minimum Gasteiger partial charge on any atom is -0.394 e. The Morgan fingerprint density at radius 1 is 1.35 bits per heavy atom. The van der Waals surface area contributed by atoms with Crippen LogP contribution in [0.15, 0.2) is 0 Å². The Labute approximate surface area is 105 Å². The number of rotatable bonds is 5. The summed E-state index contributed by atoms with van der Waals surface area (Å²) in [6.07, 6.45) is 3.58. The number of nitrogens with two attached hydrogens (primary N) is 1. The molecule has 2 fully saturated rings. The Morgan fingerprint density at radius 2 is 2.06 bits per heavy atom. The van der Waals surface area contributed by atoms with Gasteiger partial charge in [-0.1, -0.05) is 6.92 Å². The number of piperazine rings is 1. The highest BCUT2D eigenvalue weighted by molar-refractivity contribution is 5.01. The summed E-state index contributed by atoms with van der Waals surface area (Å²) in [4.78, 5) is 4.88. The van der Waals surface area contributed by atoms with Crippen molar-refractivity contribution in [3.63, 3.8) is 0 Å². The first-order valence-corrected chi connectivity index (χ1v) is 6.91. The maximum absolute atomic E-state index is 9.54. The van der Waals surface area contributed by atoms with Gasteiger partial charge in [-0.2, -0.15) is 0 Å². The molecule has 2 rings (SSSR count). The van der Waals surface area contributed by atoms with Gasteiger partial charge in [0.15, 0.2) is 0 Å². The van der Waals surface area contributed by atoms with Crippen LogP contribution in [-0.2, 0) is 0 Å². The van der Waals surface area contributed by atoms with Crippen LogP contribution in [0.2, 0.25) is 0 Å². The molecule has 3 N–H and O–H groups in total. The summed E-state index contributed by atoms with van der Waals surface area (Å²) in [6.45, 7) is 6.52. The van der Waals surface area contributed by atoms with Crippen LogP contribution in [0.25, 0.3) is 0 Å². The Bertz CT molecular complexity index is 257. The zero-order valence-electron chi connectivity index (χ0n) is 11.2. The second-order valence-corrected chi connectivity index (χ2v) is 5.94. The van der Waals surface area contributed by atoms with Gasteiger partial charge in [-0.3, -0.25) is 4.90 Å². The molecule has 0 aromatic rings. The Kier molecular flexibility index (Phi) is 4.08. The SMILES string of the molecule is CCC1CN(CC(N)(CO)C2CC2)CCN1C. The zero-order valence-corrected chi connectivity index (χ0v) is 11.2. The van der Waals surface area contributed by atoms with Gasteiger partial charge in [0, 0.05) is 32.2 Å². The van der Waals surface area contributed by atoms with Gasteiger partial charge in [0.25, 0.3) is 0 Å². The highest BCUT2D eigenvalue weighted by Gasteiger charge is 2.43. The average molecular weight is 241 g/mol. The highest BCUT2D eigenvalue weighted by Crippen LogP contribution is 2.38. The van der Waals surface area contributed by atoms with E-state index >= 15 is 0 Å². The van der Waals surface area contributed by atoms with E-state index in [2.05, 4.69) is 23.8 Å². The van der Waals surface area contributed by atoms with E-state index in [1.807, 2.05) is 0 Å². The Morgan fingerprint density at radius 3 is 2.59 bits per heavy atom. The van der Waals surface area contributed by atoms with Crippen molar-refractivity contribution in [2.75, 3.05) is 39.8 Å². The van der Waals surface area contributed by atoms with Crippen LogP contribution in [0.3, 0.4) is 0 Å². The number of hydrogen-bond acceptors (Lipinski definition) is 4. The van der Waals surface area contributed by atoms with Gasteiger partial charge in [0.2, 0.25) is 0 Å². The molecule has 1 aliphatic heterocycles. The maximum atomic E-state index is 9.54. The van der Waals surface area contributed by atoms with E-state index in [1.165, 1.54) is 19.3 Å². The molecule has 0 radical (unpaired) electrons. The fourth-order valence-electron chi connectivity index (χ4n) is 2.98. The van der Waals surface area contributed by atoms with Crippen LogP contribution in [0, 0.1) is 5.92 Å². The van der Waals surface area contributed by atoms with Crippen LogP contribution < -0.4 is 5.73 Å². The molecule has 0 spiro atoms. The maximum Gasteiger partial charge on any atom is 0.0626 e. The lowest BCUT2D eigenvalue weighted by Crippen LogP contribution is -2.60. The summed E-state index contributed by atoms with van der Waals surface area (Å²) in [7, 11) is 2.20. The van der Waals surface area contributed by atoms with Crippen LogP contribution in [0.4, 0.5) is 0 Å². The molecule has 100 valence electrons. The monoisotopic (exact) mass is 241 g/mol. The molecule has 2 atom stereocenters. The molecule has 4 nitrogen and oxygen atoms in total. The summed E-state index contributed by atoms with van der Waals surface area (Å²) in [5.74, 6) is 0.548. The zero-order chi connectivity index (χ0) is 12.5. The smallest absolute Gasteiger partial charge is 0.0626 e. The Hall–Kier alpha value is -0.160. The minimum atomic E-state index is -0.353. The third kappa shape index (κ3) is 2.99. The number of likely N-dealkylation sites (N-methyl/N-ethyl adjacent to an activating group) is 1. The van der Waals surface area contributed by atoms with Crippen molar-refractivity contribution in [3.05, 3.63) is 0 Å². The van der Waals surface area contributed by atoms with Crippen molar-refractivity contribution in [2.45, 2.75) is 37.8 Å². The second kappa shape index (κ2) is 5.22. The van der Waals surface area contributed by atoms with Crippen LogP contribution >= 0.6 is 0 Å². The minimum absolute atomic E-state index is 0.126. The molecule has 0 amide bonds. The van der Waals surface area contributed by atoms with Crippen molar-refractivity contribution < 1.29 is 5.11 Å². The first kappa shape index (κ1) is 13.3. The van der Waals surface area contributed by atoms with Crippen LogP contribution in [0.1, 0.15) is 26.2 Å². The standard InChI is InChI=1S/C13H27N3O/c1-3-12-8-16(7-6-15(12)2)9-13(14,10-17)11-4-5-11/h11-12,17H,3-10,14H2,1-2H3. The van der Waals surface area contributed by atoms with Crippen LogP contribution in [0.5, 0.6) is 0 Å². The lowest BCUT2D eigenvalue weighted by atomic mass is 9.94. The average Bonchev–Trinajstić information content (AvgIpc) is 3.16. The van der Waals surface area contributed by atoms with E-state index in [0.29, 0.717) is 12.0 Å². The second-order valence-electron chi connectivity index (χ2n) is 5.94. The predicted molar refractivity (Wildman–Crippen MR) is 69.9 cm³/mol. The molecule has 0 aromatic carbocycles. The van der Waals surface area contributed by atoms with Crippen molar-refractivity contribution in [1.29, 1.82) is 0 Å². The van der Waals surface area contributed by atoms with Gasteiger partial charge in [0.05, 0.1) is 12.1 Å². The van der Waals surface area contributed by atoms with Gasteiger partial charge in [0.1, 0.15) is 0 Å². The molecular formula is C13H27N3O. The first-order valence-electron chi connectivity index (χ1n) is 6.91. The summed E-state index contributed by atoms with van der Waals surface area (Å²) in [6, 6.07) is 0.644. The van der Waals surface area contributed by atoms with Gasteiger partial charge in [-0.25, -0.2) is 0 Å². The van der Waals surface area contributed by atoms with Gasteiger partial charge in [-0.15, -0.1) is 0 Å². The molecule has 0 aromatic heterocycles. The fraction of sp³-hybridized carbons (Fsp3) is 1.00. The number of aliphatic hydroxyl groups excluding tert-OH is 1. The van der Waals surface area contributed by atoms with Gasteiger partial charge < -0.3 is 15.7 Å². The summed E-state index contributed by atoms with van der Waals surface area (Å²) in [5.41, 5.74) is 6.00. The molecule has 2 aliphatic rings. The quantitative estimate of drug-likeness (QED) is 0.717. The third-order valence-corrected chi connectivity index (χ3v) is 4.54. The summed E-state index contributed by atoms with van der Waals surface area (Å²) < 4.78 is 0. The highest BCUT2D eigenvalue weighted by atomic mass is 16.3. The van der Waals surface area contributed by atoms with E-state index in [4.69, 9.17) is 5.73 Å². The van der Waals surface area contributed by atoms with E-state index in [0.717, 1.165) is 26.2 Å². The number of nitrogens with zero attached hydrogens (tertiary/aromatic N) is 2. The van der Waals surface area contributed by atoms with Crippen molar-refractivity contribution >= 4 is 0 Å². The molecule has 0 bridgehead atoms. The third-order valence-electron chi connectivity index (χ3n) is 4.54. The van der Waals surface area contributed by atoms with E-state index < -0.39 is 0 Å². The van der Waals surface area contributed by atoms with Crippen molar-refractivity contribution in [2.24, 2.45) is 11.7 Å². The van der Waals surface area contributed by atoms with Gasteiger partial charge in [-0.05, 0) is 32.2 Å². The summed E-state index contributed by atoms with van der Waals surface area (Å²) >= 11 is 0.